The van der Waals surface area contributed by atoms with Gasteiger partial charge in [-0.05, 0) is 23.8 Å². The molecule has 16 heavy (non-hydrogen) atoms. The summed E-state index contributed by atoms with van der Waals surface area (Å²) in [4.78, 5) is 13.7. The molecule has 0 aliphatic rings. The fourth-order valence-electron chi connectivity index (χ4n) is 1.68. The Kier molecular flexibility index (Phi) is 2.81. The Bertz CT molecular complexity index is 516. The standard InChI is InChI=1S/C12H13NO3/c1-8(14)16-5-4-9-7-13-12-3-2-10(15)6-11(9)12/h2-3,6-7,13,15H,4-5H2,1H3. The molecular formula is C12H13NO3. The van der Waals surface area contributed by atoms with Crippen LogP contribution < -0.4 is 0 Å². The zero-order chi connectivity index (χ0) is 11.5. The second kappa shape index (κ2) is 4.26. The lowest BCUT2D eigenvalue weighted by Gasteiger charge is -2.01. The fourth-order valence-corrected chi connectivity index (χ4v) is 1.68. The van der Waals surface area contributed by atoms with Crippen LogP contribution in [0.15, 0.2) is 24.4 Å². The number of carbonyl (C=O) groups excluding carboxylic acids is 1. The van der Waals surface area contributed by atoms with Crippen molar-refractivity contribution in [1.29, 1.82) is 0 Å². The normalized spacial score (nSPS) is 10.6. The van der Waals surface area contributed by atoms with Crippen LogP contribution in [-0.4, -0.2) is 22.7 Å². The van der Waals surface area contributed by atoms with E-state index >= 15 is 0 Å². The molecule has 1 heterocycles. The van der Waals surface area contributed by atoms with E-state index in [-0.39, 0.29) is 11.7 Å². The second-order valence-corrected chi connectivity index (χ2v) is 3.63. The van der Waals surface area contributed by atoms with E-state index in [9.17, 15) is 9.90 Å². The number of carbonyl (C=O) groups is 1. The summed E-state index contributed by atoms with van der Waals surface area (Å²) in [5.74, 6) is -0.0384. The molecule has 4 nitrogen and oxygen atoms in total. The Morgan fingerprint density at radius 1 is 1.50 bits per heavy atom. The number of esters is 1. The van der Waals surface area contributed by atoms with E-state index in [0.29, 0.717) is 13.0 Å². The summed E-state index contributed by atoms with van der Waals surface area (Å²) in [7, 11) is 0. The Morgan fingerprint density at radius 3 is 3.06 bits per heavy atom. The number of aromatic amines is 1. The van der Waals surface area contributed by atoms with Crippen LogP contribution >= 0.6 is 0 Å². The first kappa shape index (κ1) is 10.5. The van der Waals surface area contributed by atoms with Crippen LogP contribution in [0.2, 0.25) is 0 Å². The minimum atomic E-state index is -0.275. The highest BCUT2D eigenvalue weighted by molar-refractivity contribution is 5.84. The van der Waals surface area contributed by atoms with Crippen LogP contribution in [0.25, 0.3) is 10.9 Å². The van der Waals surface area contributed by atoms with Gasteiger partial charge in [0.15, 0.2) is 0 Å². The molecule has 0 saturated heterocycles. The zero-order valence-electron chi connectivity index (χ0n) is 8.99. The number of hydrogen-bond acceptors (Lipinski definition) is 3. The molecule has 0 radical (unpaired) electrons. The van der Waals surface area contributed by atoms with Gasteiger partial charge in [-0.1, -0.05) is 0 Å². The number of phenolic OH excluding ortho intramolecular Hbond substituents is 1. The largest absolute Gasteiger partial charge is 0.508 e. The maximum Gasteiger partial charge on any atom is 0.302 e. The predicted octanol–water partition coefficient (Wildman–Crippen LogP) is 1.98. The zero-order valence-corrected chi connectivity index (χ0v) is 8.99. The van der Waals surface area contributed by atoms with Gasteiger partial charge in [0.2, 0.25) is 0 Å². The molecule has 0 fully saturated rings. The maximum atomic E-state index is 10.6. The molecule has 0 spiro atoms. The van der Waals surface area contributed by atoms with Gasteiger partial charge in [-0.2, -0.15) is 0 Å². The molecule has 0 bridgehead atoms. The van der Waals surface area contributed by atoms with Crippen LogP contribution in [0, 0.1) is 0 Å². The third-order valence-corrected chi connectivity index (χ3v) is 2.43. The molecule has 2 aromatic rings. The third kappa shape index (κ3) is 2.16. The van der Waals surface area contributed by atoms with Crippen LogP contribution in [0.1, 0.15) is 12.5 Å². The van der Waals surface area contributed by atoms with Crippen molar-refractivity contribution in [3.05, 3.63) is 30.0 Å². The molecule has 84 valence electrons. The molecule has 0 unspecified atom stereocenters. The van der Waals surface area contributed by atoms with E-state index in [1.807, 2.05) is 12.3 Å². The van der Waals surface area contributed by atoms with Crippen LogP contribution in [-0.2, 0) is 16.0 Å². The van der Waals surface area contributed by atoms with Gasteiger partial charge in [0.05, 0.1) is 6.61 Å². The van der Waals surface area contributed by atoms with Crippen molar-refractivity contribution in [3.63, 3.8) is 0 Å². The van der Waals surface area contributed by atoms with Gasteiger partial charge in [0.25, 0.3) is 0 Å². The number of hydrogen-bond donors (Lipinski definition) is 2. The Morgan fingerprint density at radius 2 is 2.31 bits per heavy atom. The average molecular weight is 219 g/mol. The number of benzene rings is 1. The monoisotopic (exact) mass is 219 g/mol. The van der Waals surface area contributed by atoms with Gasteiger partial charge in [0, 0.05) is 30.4 Å². The Labute approximate surface area is 92.9 Å². The van der Waals surface area contributed by atoms with Gasteiger partial charge in [-0.15, -0.1) is 0 Å². The molecule has 0 atom stereocenters. The van der Waals surface area contributed by atoms with Crippen molar-refractivity contribution in [2.75, 3.05) is 6.61 Å². The molecule has 1 aromatic heterocycles. The number of nitrogens with one attached hydrogen (secondary N) is 1. The van der Waals surface area contributed by atoms with E-state index in [0.717, 1.165) is 16.5 Å². The molecule has 0 amide bonds. The third-order valence-electron chi connectivity index (χ3n) is 2.43. The number of rotatable bonds is 3. The minimum Gasteiger partial charge on any atom is -0.508 e. The van der Waals surface area contributed by atoms with Crippen LogP contribution in [0.4, 0.5) is 0 Å². The Balaban J connectivity index is 2.17. The summed E-state index contributed by atoms with van der Waals surface area (Å²) >= 11 is 0. The summed E-state index contributed by atoms with van der Waals surface area (Å²) in [6, 6.07) is 5.16. The summed E-state index contributed by atoms with van der Waals surface area (Å²) in [6.07, 6.45) is 2.51. The number of aromatic nitrogens is 1. The minimum absolute atomic E-state index is 0.237. The lowest BCUT2D eigenvalue weighted by Crippen LogP contribution is -2.02. The number of fused-ring (bicyclic) bond motifs is 1. The molecule has 1 aromatic carbocycles. The highest BCUT2D eigenvalue weighted by Crippen LogP contribution is 2.23. The van der Waals surface area contributed by atoms with E-state index in [1.165, 1.54) is 6.92 Å². The lowest BCUT2D eigenvalue weighted by atomic mass is 10.1. The van der Waals surface area contributed by atoms with Crippen molar-refractivity contribution >= 4 is 16.9 Å². The SMILES string of the molecule is CC(=O)OCCc1c[nH]c2ccc(O)cc12. The maximum absolute atomic E-state index is 10.6. The quantitative estimate of drug-likeness (QED) is 0.776. The van der Waals surface area contributed by atoms with Gasteiger partial charge >= 0.3 is 5.97 Å². The summed E-state index contributed by atoms with van der Waals surface area (Å²) in [5.41, 5.74) is 2.00. The van der Waals surface area contributed by atoms with Gasteiger partial charge in [-0.3, -0.25) is 4.79 Å². The van der Waals surface area contributed by atoms with E-state index < -0.39 is 0 Å². The van der Waals surface area contributed by atoms with Gasteiger partial charge in [-0.25, -0.2) is 0 Å². The molecule has 2 N–H and O–H groups in total. The molecule has 4 heteroatoms. The lowest BCUT2D eigenvalue weighted by molar-refractivity contribution is -0.140. The highest BCUT2D eigenvalue weighted by Gasteiger charge is 2.04. The smallest absolute Gasteiger partial charge is 0.302 e. The van der Waals surface area contributed by atoms with Crippen molar-refractivity contribution in [1.82, 2.24) is 4.98 Å². The van der Waals surface area contributed by atoms with Gasteiger partial charge in [0.1, 0.15) is 5.75 Å². The van der Waals surface area contributed by atoms with Crippen molar-refractivity contribution in [2.24, 2.45) is 0 Å². The molecule has 0 saturated carbocycles. The topological polar surface area (TPSA) is 62.3 Å². The number of phenols is 1. The number of ether oxygens (including phenoxy) is 1. The highest BCUT2D eigenvalue weighted by atomic mass is 16.5. The van der Waals surface area contributed by atoms with Crippen molar-refractivity contribution < 1.29 is 14.6 Å². The molecule has 0 aliphatic heterocycles. The first-order chi connectivity index (χ1) is 7.66. The fraction of sp³-hybridized carbons (Fsp3) is 0.250. The predicted molar refractivity (Wildman–Crippen MR) is 60.3 cm³/mol. The number of H-pyrrole nitrogens is 1. The summed E-state index contributed by atoms with van der Waals surface area (Å²) in [5, 5.41) is 10.4. The molecular weight excluding hydrogens is 206 g/mol. The van der Waals surface area contributed by atoms with Gasteiger partial charge < -0.3 is 14.8 Å². The summed E-state index contributed by atoms with van der Waals surface area (Å²) in [6.45, 7) is 1.75. The van der Waals surface area contributed by atoms with Crippen LogP contribution in [0.5, 0.6) is 5.75 Å². The van der Waals surface area contributed by atoms with E-state index in [4.69, 9.17) is 4.74 Å². The Hall–Kier alpha value is -1.97. The second-order valence-electron chi connectivity index (χ2n) is 3.63. The first-order valence-corrected chi connectivity index (χ1v) is 5.09. The van der Waals surface area contributed by atoms with Crippen molar-refractivity contribution in [2.45, 2.75) is 13.3 Å². The average Bonchev–Trinajstić information content (AvgIpc) is 2.60. The first-order valence-electron chi connectivity index (χ1n) is 5.09. The molecule has 0 aliphatic carbocycles. The van der Waals surface area contributed by atoms with Crippen LogP contribution in [0.3, 0.4) is 0 Å². The number of aromatic hydroxyl groups is 1. The van der Waals surface area contributed by atoms with E-state index in [1.54, 1.807) is 12.1 Å². The van der Waals surface area contributed by atoms with Crippen molar-refractivity contribution in [3.8, 4) is 5.75 Å². The molecule has 2 rings (SSSR count). The van der Waals surface area contributed by atoms with E-state index in [2.05, 4.69) is 4.98 Å². The summed E-state index contributed by atoms with van der Waals surface area (Å²) < 4.78 is 4.88.